The van der Waals surface area contributed by atoms with Gasteiger partial charge >= 0.3 is 7.12 Å². The van der Waals surface area contributed by atoms with Crippen molar-refractivity contribution in [3.8, 4) is 11.3 Å². The number of pyridine rings is 1. The summed E-state index contributed by atoms with van der Waals surface area (Å²) in [4.78, 5) is 4.30. The van der Waals surface area contributed by atoms with Crippen LogP contribution in [0.4, 0.5) is 0 Å². The Morgan fingerprint density at radius 2 is 1.59 bits per heavy atom. The summed E-state index contributed by atoms with van der Waals surface area (Å²) in [5, 5.41) is 20.7. The average Bonchev–Trinajstić information content (AvgIpc) is 2.93. The maximum Gasteiger partial charge on any atom is 0.508 e. The molecule has 0 fully saturated rings. The molecule has 2 aromatic carbocycles. The van der Waals surface area contributed by atoms with Crippen LogP contribution in [0.2, 0.25) is 0 Å². The van der Waals surface area contributed by atoms with E-state index in [9.17, 15) is 10.0 Å². The summed E-state index contributed by atoms with van der Waals surface area (Å²) in [6.07, 6.45) is 0. The van der Waals surface area contributed by atoms with Crippen molar-refractivity contribution in [1.82, 2.24) is 4.98 Å². The Morgan fingerprint density at radius 1 is 0.818 bits per heavy atom. The highest BCUT2D eigenvalue weighted by Crippen LogP contribution is 2.34. The standard InChI is InChI=1S/C17H12BNO3/c20-18(21)16-10-4-8-14(19-16)13-7-3-6-12-11-5-1-2-9-15(11)22-17(12)13/h1-10,20-21H. The van der Waals surface area contributed by atoms with Crippen LogP contribution in [-0.4, -0.2) is 22.2 Å². The summed E-state index contributed by atoms with van der Waals surface area (Å²) in [6, 6.07) is 18.9. The number of furan rings is 1. The number of hydrogen-bond acceptors (Lipinski definition) is 4. The number of benzene rings is 2. The molecule has 0 aliphatic heterocycles. The maximum absolute atomic E-state index is 9.29. The predicted molar refractivity (Wildman–Crippen MR) is 86.8 cm³/mol. The molecule has 2 aromatic heterocycles. The molecular weight excluding hydrogens is 277 g/mol. The molecule has 5 heteroatoms. The van der Waals surface area contributed by atoms with Crippen molar-refractivity contribution < 1.29 is 14.5 Å². The van der Waals surface area contributed by atoms with Gasteiger partial charge in [0.15, 0.2) is 0 Å². The molecule has 106 valence electrons. The van der Waals surface area contributed by atoms with Crippen LogP contribution in [-0.2, 0) is 0 Å². The SMILES string of the molecule is OB(O)c1cccc(-c2cccc3c2oc2ccccc23)n1. The van der Waals surface area contributed by atoms with Crippen LogP contribution in [0, 0.1) is 0 Å². The predicted octanol–water partition coefficient (Wildman–Crippen LogP) is 2.33. The summed E-state index contributed by atoms with van der Waals surface area (Å²) < 4.78 is 5.97. The maximum atomic E-state index is 9.29. The number of hydrogen-bond donors (Lipinski definition) is 2. The van der Waals surface area contributed by atoms with E-state index in [2.05, 4.69) is 4.98 Å². The summed E-state index contributed by atoms with van der Waals surface area (Å²) >= 11 is 0. The van der Waals surface area contributed by atoms with E-state index in [0.29, 0.717) is 5.69 Å². The van der Waals surface area contributed by atoms with Gasteiger partial charge in [0.2, 0.25) is 0 Å². The van der Waals surface area contributed by atoms with Crippen LogP contribution >= 0.6 is 0 Å². The normalized spacial score (nSPS) is 11.2. The van der Waals surface area contributed by atoms with Crippen molar-refractivity contribution in [2.45, 2.75) is 0 Å². The Kier molecular flexibility index (Phi) is 2.96. The first-order chi connectivity index (χ1) is 10.7. The highest BCUT2D eigenvalue weighted by atomic mass is 16.4. The third kappa shape index (κ3) is 1.99. The molecule has 2 heterocycles. The lowest BCUT2D eigenvalue weighted by molar-refractivity contribution is 0.424. The Morgan fingerprint density at radius 3 is 2.45 bits per heavy atom. The molecule has 0 aliphatic carbocycles. The molecule has 4 nitrogen and oxygen atoms in total. The van der Waals surface area contributed by atoms with Gasteiger partial charge in [0.05, 0.1) is 11.3 Å². The van der Waals surface area contributed by atoms with Crippen LogP contribution in [0.15, 0.2) is 65.1 Å². The zero-order valence-electron chi connectivity index (χ0n) is 11.6. The fourth-order valence-electron chi connectivity index (χ4n) is 2.69. The number of para-hydroxylation sites is 2. The number of aromatic nitrogens is 1. The van der Waals surface area contributed by atoms with Gasteiger partial charge in [0.1, 0.15) is 11.2 Å². The van der Waals surface area contributed by atoms with E-state index in [1.165, 1.54) is 0 Å². The van der Waals surface area contributed by atoms with Crippen molar-refractivity contribution in [3.05, 3.63) is 60.7 Å². The molecular formula is C17H12BNO3. The zero-order chi connectivity index (χ0) is 15.1. The minimum absolute atomic E-state index is 0.214. The quantitative estimate of drug-likeness (QED) is 0.556. The lowest BCUT2D eigenvalue weighted by Crippen LogP contribution is -2.32. The molecule has 4 rings (SSSR count). The Balaban J connectivity index is 2.01. The Bertz CT molecular complexity index is 978. The Labute approximate surface area is 126 Å². The molecule has 0 saturated carbocycles. The second-order valence-electron chi connectivity index (χ2n) is 5.10. The van der Waals surface area contributed by atoms with Crippen molar-refractivity contribution in [1.29, 1.82) is 0 Å². The van der Waals surface area contributed by atoms with Crippen LogP contribution in [0.3, 0.4) is 0 Å². The van der Waals surface area contributed by atoms with Gasteiger partial charge in [-0.1, -0.05) is 36.4 Å². The fourth-order valence-corrected chi connectivity index (χ4v) is 2.69. The van der Waals surface area contributed by atoms with Crippen molar-refractivity contribution in [2.24, 2.45) is 0 Å². The van der Waals surface area contributed by atoms with Gasteiger partial charge in [-0.05, 0) is 24.3 Å². The molecule has 0 spiro atoms. The van der Waals surface area contributed by atoms with E-state index in [-0.39, 0.29) is 5.59 Å². The molecule has 0 amide bonds. The minimum atomic E-state index is -1.59. The summed E-state index contributed by atoms with van der Waals surface area (Å²) in [6.45, 7) is 0. The lowest BCUT2D eigenvalue weighted by atomic mass is 9.85. The van der Waals surface area contributed by atoms with Gasteiger partial charge < -0.3 is 14.5 Å². The van der Waals surface area contributed by atoms with Crippen LogP contribution in [0.5, 0.6) is 0 Å². The van der Waals surface area contributed by atoms with Gasteiger partial charge in [-0.2, -0.15) is 0 Å². The highest BCUT2D eigenvalue weighted by molar-refractivity contribution is 6.57. The van der Waals surface area contributed by atoms with Crippen LogP contribution in [0.25, 0.3) is 33.2 Å². The molecule has 22 heavy (non-hydrogen) atoms. The molecule has 0 bridgehead atoms. The van der Waals surface area contributed by atoms with Crippen LogP contribution < -0.4 is 5.59 Å². The van der Waals surface area contributed by atoms with Crippen molar-refractivity contribution in [3.63, 3.8) is 0 Å². The third-order valence-corrected chi connectivity index (χ3v) is 3.72. The van der Waals surface area contributed by atoms with E-state index in [1.54, 1.807) is 12.1 Å². The molecule has 0 saturated heterocycles. The largest absolute Gasteiger partial charge is 0.508 e. The van der Waals surface area contributed by atoms with Crippen molar-refractivity contribution in [2.75, 3.05) is 0 Å². The van der Waals surface area contributed by atoms with Gasteiger partial charge in [0.25, 0.3) is 0 Å². The molecule has 0 radical (unpaired) electrons. The van der Waals surface area contributed by atoms with Gasteiger partial charge in [-0.3, -0.25) is 4.98 Å². The molecule has 4 aromatic rings. The second-order valence-corrected chi connectivity index (χ2v) is 5.10. The fraction of sp³-hybridized carbons (Fsp3) is 0. The topological polar surface area (TPSA) is 66.5 Å². The summed E-state index contributed by atoms with van der Waals surface area (Å²) in [7, 11) is -1.59. The van der Waals surface area contributed by atoms with Gasteiger partial charge in [-0.15, -0.1) is 0 Å². The third-order valence-electron chi connectivity index (χ3n) is 3.72. The number of fused-ring (bicyclic) bond motifs is 3. The summed E-state index contributed by atoms with van der Waals surface area (Å²) in [5.74, 6) is 0. The molecule has 2 N–H and O–H groups in total. The van der Waals surface area contributed by atoms with E-state index in [4.69, 9.17) is 4.42 Å². The number of nitrogens with zero attached hydrogens (tertiary/aromatic N) is 1. The average molecular weight is 289 g/mol. The summed E-state index contributed by atoms with van der Waals surface area (Å²) in [5.41, 5.74) is 3.26. The first kappa shape index (κ1) is 13.1. The van der Waals surface area contributed by atoms with E-state index in [1.807, 2.05) is 48.5 Å². The smallest absolute Gasteiger partial charge is 0.455 e. The first-order valence-electron chi connectivity index (χ1n) is 6.98. The number of rotatable bonds is 2. The van der Waals surface area contributed by atoms with Crippen molar-refractivity contribution >= 4 is 34.7 Å². The molecule has 0 unspecified atom stereocenters. The van der Waals surface area contributed by atoms with Gasteiger partial charge in [0, 0.05) is 16.3 Å². The van der Waals surface area contributed by atoms with E-state index >= 15 is 0 Å². The molecule has 0 atom stereocenters. The second kappa shape index (κ2) is 4.98. The first-order valence-corrected chi connectivity index (χ1v) is 6.98. The lowest BCUT2D eigenvalue weighted by Gasteiger charge is -2.04. The minimum Gasteiger partial charge on any atom is -0.455 e. The Hall–Kier alpha value is -2.63. The van der Waals surface area contributed by atoms with Gasteiger partial charge in [-0.25, -0.2) is 0 Å². The van der Waals surface area contributed by atoms with E-state index < -0.39 is 7.12 Å². The van der Waals surface area contributed by atoms with Crippen LogP contribution in [0.1, 0.15) is 0 Å². The highest BCUT2D eigenvalue weighted by Gasteiger charge is 2.16. The van der Waals surface area contributed by atoms with E-state index in [0.717, 1.165) is 27.5 Å². The zero-order valence-corrected chi connectivity index (χ0v) is 11.6. The monoisotopic (exact) mass is 289 g/mol. The molecule has 0 aliphatic rings.